The molecular formula is C37H36N6O2. The SMILES string of the molecule is CNC(=O)[C@H](Cc1cn(C(c2ccccc2)(c2ccccc2)c2ccccc2)cn1)NC(=O)CN(CC#N)Cc1ccccc1. The van der Waals surface area contributed by atoms with Gasteiger partial charge >= 0.3 is 0 Å². The molecule has 8 heteroatoms. The van der Waals surface area contributed by atoms with Crippen LogP contribution in [0, 0.1) is 11.3 Å². The van der Waals surface area contributed by atoms with E-state index in [-0.39, 0.29) is 31.3 Å². The Bertz CT molecular complexity index is 1620. The molecule has 0 spiro atoms. The molecule has 0 radical (unpaired) electrons. The predicted octanol–water partition coefficient (Wildman–Crippen LogP) is 4.52. The molecule has 0 unspecified atom stereocenters. The zero-order chi connectivity index (χ0) is 31.5. The van der Waals surface area contributed by atoms with Gasteiger partial charge in [-0.05, 0) is 22.3 Å². The Morgan fingerprint density at radius 3 is 1.84 bits per heavy atom. The van der Waals surface area contributed by atoms with Crippen molar-refractivity contribution in [2.24, 2.45) is 0 Å². The lowest BCUT2D eigenvalue weighted by atomic mass is 9.77. The third-order valence-corrected chi connectivity index (χ3v) is 7.82. The van der Waals surface area contributed by atoms with Gasteiger partial charge in [0.2, 0.25) is 11.8 Å². The summed E-state index contributed by atoms with van der Waals surface area (Å²) in [5, 5.41) is 14.9. The van der Waals surface area contributed by atoms with Crippen LogP contribution in [0.2, 0.25) is 0 Å². The summed E-state index contributed by atoms with van der Waals surface area (Å²) in [5.41, 5.74) is 4.06. The summed E-state index contributed by atoms with van der Waals surface area (Å²) in [6.45, 7) is 0.499. The first kappa shape index (κ1) is 30.9. The molecule has 0 saturated carbocycles. The number of benzene rings is 4. The maximum atomic E-state index is 13.2. The van der Waals surface area contributed by atoms with E-state index in [0.717, 1.165) is 22.3 Å². The zero-order valence-corrected chi connectivity index (χ0v) is 25.2. The lowest BCUT2D eigenvalue weighted by Gasteiger charge is -2.37. The molecule has 5 aromatic rings. The summed E-state index contributed by atoms with van der Waals surface area (Å²) in [6.07, 6.45) is 3.93. The molecule has 0 saturated heterocycles. The first-order valence-corrected chi connectivity index (χ1v) is 14.9. The quantitative estimate of drug-likeness (QED) is 0.154. The van der Waals surface area contributed by atoms with Gasteiger partial charge in [0, 0.05) is 26.2 Å². The topological polar surface area (TPSA) is 103 Å². The number of nitriles is 1. The smallest absolute Gasteiger partial charge is 0.242 e. The number of rotatable bonds is 13. The van der Waals surface area contributed by atoms with Gasteiger partial charge in [-0.2, -0.15) is 5.26 Å². The highest BCUT2D eigenvalue weighted by Gasteiger charge is 2.38. The van der Waals surface area contributed by atoms with Gasteiger partial charge < -0.3 is 15.2 Å². The Morgan fingerprint density at radius 2 is 1.36 bits per heavy atom. The number of hydrogen-bond acceptors (Lipinski definition) is 5. The van der Waals surface area contributed by atoms with Crippen LogP contribution in [0.4, 0.5) is 0 Å². The van der Waals surface area contributed by atoms with Crippen LogP contribution in [0.3, 0.4) is 0 Å². The fraction of sp³-hybridized carbons (Fsp3) is 0.189. The Hall–Kier alpha value is -5.52. The van der Waals surface area contributed by atoms with Crippen LogP contribution >= 0.6 is 0 Å². The normalized spacial score (nSPS) is 11.8. The van der Waals surface area contributed by atoms with Gasteiger partial charge in [0.15, 0.2) is 0 Å². The van der Waals surface area contributed by atoms with Crippen LogP contribution in [0.25, 0.3) is 0 Å². The highest BCUT2D eigenvalue weighted by Crippen LogP contribution is 2.40. The number of carbonyl (C=O) groups excluding carboxylic acids is 2. The largest absolute Gasteiger partial charge is 0.357 e. The molecule has 8 nitrogen and oxygen atoms in total. The van der Waals surface area contributed by atoms with E-state index in [1.165, 1.54) is 0 Å². The van der Waals surface area contributed by atoms with E-state index in [9.17, 15) is 14.9 Å². The van der Waals surface area contributed by atoms with Crippen LogP contribution in [0.1, 0.15) is 27.9 Å². The third-order valence-electron chi connectivity index (χ3n) is 7.82. The van der Waals surface area contributed by atoms with Crippen molar-refractivity contribution in [3.05, 3.63) is 162 Å². The molecule has 1 aromatic heterocycles. The van der Waals surface area contributed by atoms with Crippen molar-refractivity contribution in [1.29, 1.82) is 5.26 Å². The third kappa shape index (κ3) is 7.18. The van der Waals surface area contributed by atoms with Crippen molar-refractivity contribution in [1.82, 2.24) is 25.1 Å². The van der Waals surface area contributed by atoms with Crippen molar-refractivity contribution >= 4 is 11.8 Å². The summed E-state index contributed by atoms with van der Waals surface area (Å²) in [7, 11) is 1.54. The Balaban J connectivity index is 1.44. The van der Waals surface area contributed by atoms with Gasteiger partial charge in [0.1, 0.15) is 11.6 Å². The minimum absolute atomic E-state index is 0.0243. The van der Waals surface area contributed by atoms with Crippen molar-refractivity contribution in [3.63, 3.8) is 0 Å². The van der Waals surface area contributed by atoms with Gasteiger partial charge in [0.25, 0.3) is 0 Å². The van der Waals surface area contributed by atoms with Crippen molar-refractivity contribution in [2.75, 3.05) is 20.1 Å². The molecule has 2 N–H and O–H groups in total. The molecule has 1 heterocycles. The molecule has 4 aromatic carbocycles. The number of nitrogens with zero attached hydrogens (tertiary/aromatic N) is 4. The number of aromatic nitrogens is 2. The second-order valence-corrected chi connectivity index (χ2v) is 10.8. The highest BCUT2D eigenvalue weighted by atomic mass is 16.2. The molecule has 0 aliphatic heterocycles. The number of hydrogen-bond donors (Lipinski definition) is 2. The van der Waals surface area contributed by atoms with E-state index in [1.807, 2.05) is 91.1 Å². The summed E-state index contributed by atoms with van der Waals surface area (Å²) in [4.78, 5) is 32.7. The fourth-order valence-corrected chi connectivity index (χ4v) is 5.78. The van der Waals surface area contributed by atoms with E-state index >= 15 is 0 Å². The molecule has 45 heavy (non-hydrogen) atoms. The monoisotopic (exact) mass is 596 g/mol. The number of likely N-dealkylation sites (N-methyl/N-ethyl adjacent to an activating group) is 1. The van der Waals surface area contributed by atoms with Crippen LogP contribution in [0.15, 0.2) is 134 Å². The summed E-state index contributed by atoms with van der Waals surface area (Å²) < 4.78 is 2.08. The molecule has 5 rings (SSSR count). The highest BCUT2D eigenvalue weighted by molar-refractivity contribution is 5.88. The lowest BCUT2D eigenvalue weighted by Crippen LogP contribution is -2.49. The number of nitrogens with one attached hydrogen (secondary N) is 2. The molecule has 0 fully saturated rings. The van der Waals surface area contributed by atoms with E-state index in [4.69, 9.17) is 4.98 Å². The molecule has 0 aliphatic rings. The maximum Gasteiger partial charge on any atom is 0.242 e. The number of imidazole rings is 1. The van der Waals surface area contributed by atoms with Gasteiger partial charge in [-0.3, -0.25) is 14.5 Å². The van der Waals surface area contributed by atoms with Crippen molar-refractivity contribution in [3.8, 4) is 6.07 Å². The second kappa shape index (κ2) is 14.8. The van der Waals surface area contributed by atoms with Crippen molar-refractivity contribution < 1.29 is 9.59 Å². The van der Waals surface area contributed by atoms with E-state index < -0.39 is 11.6 Å². The Labute approximate surface area is 264 Å². The second-order valence-electron chi connectivity index (χ2n) is 10.8. The molecular weight excluding hydrogens is 560 g/mol. The first-order chi connectivity index (χ1) is 22.0. The minimum Gasteiger partial charge on any atom is -0.357 e. The van der Waals surface area contributed by atoms with Gasteiger partial charge in [-0.25, -0.2) is 4.98 Å². The van der Waals surface area contributed by atoms with Crippen LogP contribution < -0.4 is 10.6 Å². The van der Waals surface area contributed by atoms with Crippen molar-refractivity contribution in [2.45, 2.75) is 24.5 Å². The Morgan fingerprint density at radius 1 is 0.844 bits per heavy atom. The molecule has 0 aliphatic carbocycles. The molecule has 1 atom stereocenters. The molecule has 2 amide bonds. The van der Waals surface area contributed by atoms with Crippen LogP contribution in [0.5, 0.6) is 0 Å². The van der Waals surface area contributed by atoms with E-state index in [0.29, 0.717) is 12.2 Å². The average Bonchev–Trinajstić information content (AvgIpc) is 3.55. The number of amides is 2. The predicted molar refractivity (Wildman–Crippen MR) is 174 cm³/mol. The molecule has 226 valence electrons. The van der Waals surface area contributed by atoms with Crippen LogP contribution in [-0.2, 0) is 28.1 Å². The first-order valence-electron chi connectivity index (χ1n) is 14.9. The van der Waals surface area contributed by atoms with Gasteiger partial charge in [0.05, 0.1) is 31.2 Å². The maximum absolute atomic E-state index is 13.2. The summed E-state index contributed by atoms with van der Waals surface area (Å²) in [5.74, 6) is -0.672. The molecule has 0 bridgehead atoms. The zero-order valence-electron chi connectivity index (χ0n) is 25.2. The van der Waals surface area contributed by atoms with E-state index in [2.05, 4.69) is 57.7 Å². The van der Waals surface area contributed by atoms with E-state index in [1.54, 1.807) is 18.3 Å². The van der Waals surface area contributed by atoms with Gasteiger partial charge in [-0.15, -0.1) is 0 Å². The number of carbonyl (C=O) groups is 2. The Kier molecular flexibility index (Phi) is 10.2. The minimum atomic E-state index is -0.855. The van der Waals surface area contributed by atoms with Gasteiger partial charge in [-0.1, -0.05) is 121 Å². The summed E-state index contributed by atoms with van der Waals surface area (Å²) >= 11 is 0. The standard InChI is InChI=1S/C37H36N6O2/c1-39-36(45)34(41-35(44)27-42(23-22-38)25-29-14-6-2-7-15-29)24-33-26-43(28-40-33)37(30-16-8-3-9-17-30,31-18-10-4-11-19-31)32-20-12-5-13-21-32/h2-21,26,28,34H,23-25,27H2,1H3,(H,39,45)(H,41,44)/t34-/m0/s1. The van der Waals surface area contributed by atoms with Crippen LogP contribution in [-0.4, -0.2) is 52.4 Å². The lowest BCUT2D eigenvalue weighted by molar-refractivity contribution is -0.129. The summed E-state index contributed by atoms with van der Waals surface area (Å²) in [6, 6.07) is 41.7. The fourth-order valence-electron chi connectivity index (χ4n) is 5.78. The average molecular weight is 597 g/mol.